The molecule has 1 aliphatic carbocycles. The third kappa shape index (κ3) is 3.33. The van der Waals surface area contributed by atoms with Gasteiger partial charge in [-0.05, 0) is 73.2 Å². The fourth-order valence-corrected chi connectivity index (χ4v) is 4.54. The number of nitrogens with zero attached hydrogens (tertiary/aromatic N) is 1. The molecule has 5 heteroatoms. The van der Waals surface area contributed by atoms with E-state index in [2.05, 4.69) is 17.4 Å². The van der Waals surface area contributed by atoms with Crippen molar-refractivity contribution in [2.24, 2.45) is 0 Å². The molecule has 1 unspecified atom stereocenters. The monoisotopic (exact) mass is 354 g/mol. The number of carbonyl (C=O) groups excluding carboxylic acids is 2. The van der Waals surface area contributed by atoms with E-state index in [0.29, 0.717) is 11.4 Å². The summed E-state index contributed by atoms with van der Waals surface area (Å²) in [5, 5.41) is 4.94. The molecule has 1 saturated heterocycles. The summed E-state index contributed by atoms with van der Waals surface area (Å²) in [6, 6.07) is 9.52. The quantitative estimate of drug-likeness (QED) is 0.910. The van der Waals surface area contributed by atoms with Crippen LogP contribution < -0.4 is 5.32 Å². The Morgan fingerprint density at radius 1 is 1.08 bits per heavy atom. The molecule has 2 amide bonds. The number of benzene rings is 1. The molecule has 0 spiro atoms. The van der Waals surface area contributed by atoms with E-state index >= 15 is 0 Å². The first-order chi connectivity index (χ1) is 12.2. The Morgan fingerprint density at radius 3 is 2.80 bits per heavy atom. The van der Waals surface area contributed by atoms with Crippen LogP contribution >= 0.6 is 11.3 Å². The van der Waals surface area contributed by atoms with Crippen molar-refractivity contribution in [1.82, 2.24) is 4.90 Å². The van der Waals surface area contributed by atoms with Crippen LogP contribution in [0.5, 0.6) is 0 Å². The molecule has 2 aromatic rings. The number of piperidine rings is 1. The SMILES string of the molecule is O=C(Nc1ccc2c(c1)CCC2)C1CCCCN1C(=O)c1cccs1. The lowest BCUT2D eigenvalue weighted by atomic mass is 10.0. The lowest BCUT2D eigenvalue weighted by Crippen LogP contribution is -2.49. The van der Waals surface area contributed by atoms with Gasteiger partial charge >= 0.3 is 0 Å². The third-order valence-corrected chi connectivity index (χ3v) is 6.02. The Balaban J connectivity index is 1.50. The highest BCUT2D eigenvalue weighted by Crippen LogP contribution is 2.26. The zero-order valence-electron chi connectivity index (χ0n) is 14.2. The van der Waals surface area contributed by atoms with Crippen LogP contribution in [0.4, 0.5) is 5.69 Å². The van der Waals surface area contributed by atoms with Crippen molar-refractivity contribution in [3.8, 4) is 0 Å². The Morgan fingerprint density at radius 2 is 1.96 bits per heavy atom. The highest BCUT2D eigenvalue weighted by atomic mass is 32.1. The predicted octanol–water partition coefficient (Wildman–Crippen LogP) is 3.87. The maximum atomic E-state index is 12.9. The molecule has 130 valence electrons. The van der Waals surface area contributed by atoms with Crippen molar-refractivity contribution in [2.45, 2.75) is 44.6 Å². The van der Waals surface area contributed by atoms with E-state index in [-0.39, 0.29) is 17.9 Å². The number of aryl methyl sites for hydroxylation is 2. The van der Waals surface area contributed by atoms with E-state index in [1.807, 2.05) is 23.6 Å². The fourth-order valence-electron chi connectivity index (χ4n) is 3.86. The van der Waals surface area contributed by atoms with Crippen molar-refractivity contribution < 1.29 is 9.59 Å². The number of rotatable bonds is 3. The molecule has 1 aromatic heterocycles. The topological polar surface area (TPSA) is 49.4 Å². The lowest BCUT2D eigenvalue weighted by Gasteiger charge is -2.34. The molecule has 1 fully saturated rings. The molecule has 4 nitrogen and oxygen atoms in total. The zero-order chi connectivity index (χ0) is 17.2. The highest BCUT2D eigenvalue weighted by molar-refractivity contribution is 7.12. The van der Waals surface area contributed by atoms with E-state index < -0.39 is 0 Å². The number of nitrogens with one attached hydrogen (secondary N) is 1. The number of fused-ring (bicyclic) bond motifs is 1. The van der Waals surface area contributed by atoms with Crippen molar-refractivity contribution in [3.63, 3.8) is 0 Å². The van der Waals surface area contributed by atoms with Crippen LogP contribution in [0.25, 0.3) is 0 Å². The lowest BCUT2D eigenvalue weighted by molar-refractivity contribution is -0.121. The molecule has 25 heavy (non-hydrogen) atoms. The minimum absolute atomic E-state index is 0.0243. The first-order valence-electron chi connectivity index (χ1n) is 8.99. The summed E-state index contributed by atoms with van der Waals surface area (Å²) in [4.78, 5) is 28.0. The molecule has 1 N–H and O–H groups in total. The standard InChI is InChI=1S/C20H22N2O2S/c23-19(21-16-10-9-14-5-3-6-15(14)13-16)17-7-1-2-11-22(17)20(24)18-8-4-12-25-18/h4,8-10,12-13,17H,1-3,5-7,11H2,(H,21,23). The molecule has 0 saturated carbocycles. The second-order valence-electron chi connectivity index (χ2n) is 6.81. The highest BCUT2D eigenvalue weighted by Gasteiger charge is 2.33. The van der Waals surface area contributed by atoms with Crippen LogP contribution in [-0.4, -0.2) is 29.3 Å². The summed E-state index contributed by atoms with van der Waals surface area (Å²) in [5.74, 6) is -0.0913. The van der Waals surface area contributed by atoms with E-state index in [9.17, 15) is 9.59 Å². The van der Waals surface area contributed by atoms with Crippen LogP contribution in [0.15, 0.2) is 35.7 Å². The summed E-state index contributed by atoms with van der Waals surface area (Å²) < 4.78 is 0. The van der Waals surface area contributed by atoms with Gasteiger partial charge in [-0.15, -0.1) is 11.3 Å². The number of anilines is 1. The van der Waals surface area contributed by atoms with Crippen LogP contribution in [0.3, 0.4) is 0 Å². The number of carbonyl (C=O) groups is 2. The summed E-state index contributed by atoms with van der Waals surface area (Å²) in [5.41, 5.74) is 3.58. The minimum atomic E-state index is -0.378. The maximum Gasteiger partial charge on any atom is 0.264 e. The summed E-state index contributed by atoms with van der Waals surface area (Å²) >= 11 is 1.43. The third-order valence-electron chi connectivity index (χ3n) is 5.16. The zero-order valence-corrected chi connectivity index (χ0v) is 15.0. The van der Waals surface area contributed by atoms with Gasteiger partial charge in [0.1, 0.15) is 6.04 Å². The molecule has 4 rings (SSSR count). The second-order valence-corrected chi connectivity index (χ2v) is 7.76. The summed E-state index contributed by atoms with van der Waals surface area (Å²) in [6.45, 7) is 0.652. The smallest absolute Gasteiger partial charge is 0.264 e. The van der Waals surface area contributed by atoms with Crippen molar-refractivity contribution >= 4 is 28.8 Å². The molecule has 2 aliphatic rings. The van der Waals surface area contributed by atoms with Gasteiger partial charge in [0, 0.05) is 12.2 Å². The van der Waals surface area contributed by atoms with Crippen molar-refractivity contribution in [2.75, 3.05) is 11.9 Å². The second kappa shape index (κ2) is 7.00. The van der Waals surface area contributed by atoms with Gasteiger partial charge in [0.15, 0.2) is 0 Å². The number of hydrogen-bond acceptors (Lipinski definition) is 3. The van der Waals surface area contributed by atoms with Gasteiger partial charge in [-0.1, -0.05) is 12.1 Å². The van der Waals surface area contributed by atoms with Gasteiger partial charge in [0.25, 0.3) is 5.91 Å². The Kier molecular flexibility index (Phi) is 4.57. The molecular formula is C20H22N2O2S. The van der Waals surface area contributed by atoms with E-state index in [4.69, 9.17) is 0 Å². The van der Waals surface area contributed by atoms with E-state index in [1.165, 1.54) is 28.9 Å². The van der Waals surface area contributed by atoms with Gasteiger partial charge in [0.05, 0.1) is 4.88 Å². The molecule has 1 aliphatic heterocycles. The number of amides is 2. The average molecular weight is 354 g/mol. The summed E-state index contributed by atoms with van der Waals surface area (Å²) in [6.07, 6.45) is 6.09. The number of likely N-dealkylation sites (tertiary alicyclic amines) is 1. The van der Waals surface area contributed by atoms with Crippen molar-refractivity contribution in [1.29, 1.82) is 0 Å². The van der Waals surface area contributed by atoms with Gasteiger partial charge in [-0.2, -0.15) is 0 Å². The van der Waals surface area contributed by atoms with E-state index in [0.717, 1.165) is 37.8 Å². The van der Waals surface area contributed by atoms with Gasteiger partial charge in [-0.3, -0.25) is 9.59 Å². The largest absolute Gasteiger partial charge is 0.326 e. The van der Waals surface area contributed by atoms with Gasteiger partial charge < -0.3 is 10.2 Å². The minimum Gasteiger partial charge on any atom is -0.326 e. The Labute approximate surface area is 151 Å². The first-order valence-corrected chi connectivity index (χ1v) is 9.87. The normalized spacial score (nSPS) is 19.5. The van der Waals surface area contributed by atoms with Crippen LogP contribution in [0, 0.1) is 0 Å². The molecule has 0 bridgehead atoms. The van der Waals surface area contributed by atoms with Crippen LogP contribution in [0.1, 0.15) is 46.5 Å². The van der Waals surface area contributed by atoms with E-state index in [1.54, 1.807) is 4.90 Å². The number of thiophene rings is 1. The maximum absolute atomic E-state index is 12.9. The molecule has 1 atom stereocenters. The predicted molar refractivity (Wildman–Crippen MR) is 100 cm³/mol. The van der Waals surface area contributed by atoms with Gasteiger partial charge in [0.2, 0.25) is 5.91 Å². The first kappa shape index (κ1) is 16.3. The van der Waals surface area contributed by atoms with Crippen LogP contribution in [0.2, 0.25) is 0 Å². The molecule has 1 aromatic carbocycles. The Bertz CT molecular complexity index is 785. The number of hydrogen-bond donors (Lipinski definition) is 1. The molecule has 0 radical (unpaired) electrons. The van der Waals surface area contributed by atoms with Crippen molar-refractivity contribution in [3.05, 3.63) is 51.7 Å². The summed E-state index contributed by atoms with van der Waals surface area (Å²) in [7, 11) is 0. The molecule has 2 heterocycles. The average Bonchev–Trinajstić information content (AvgIpc) is 3.32. The molecular weight excluding hydrogens is 332 g/mol. The fraction of sp³-hybridized carbons (Fsp3) is 0.400. The van der Waals surface area contributed by atoms with Crippen LogP contribution in [-0.2, 0) is 17.6 Å². The van der Waals surface area contributed by atoms with Gasteiger partial charge in [-0.25, -0.2) is 0 Å². The Hall–Kier alpha value is -2.14.